The van der Waals surface area contributed by atoms with Gasteiger partial charge in [0.25, 0.3) is 0 Å². The summed E-state index contributed by atoms with van der Waals surface area (Å²) in [4.78, 5) is 4.32. The van der Waals surface area contributed by atoms with Gasteiger partial charge in [0.2, 0.25) is 0 Å². The van der Waals surface area contributed by atoms with Gasteiger partial charge in [-0.2, -0.15) is 0 Å². The van der Waals surface area contributed by atoms with Crippen LogP contribution in [0.3, 0.4) is 0 Å². The monoisotopic (exact) mass is 377 g/mol. The number of hydrogen-bond acceptors (Lipinski definition) is 2. The van der Waals surface area contributed by atoms with E-state index in [9.17, 15) is 0 Å². The number of aromatic nitrogens is 1. The van der Waals surface area contributed by atoms with Crippen LogP contribution in [-0.2, 0) is 16.6 Å². The second-order valence-electron chi connectivity index (χ2n) is 9.32. The summed E-state index contributed by atoms with van der Waals surface area (Å²) in [7, 11) is 0. The van der Waals surface area contributed by atoms with Crippen LogP contribution in [0.4, 0.5) is 0 Å². The summed E-state index contributed by atoms with van der Waals surface area (Å²) >= 11 is 0. The Morgan fingerprint density at radius 2 is 1.89 bits per heavy atom. The van der Waals surface area contributed by atoms with Crippen molar-refractivity contribution in [3.8, 4) is 0 Å². The Bertz CT molecular complexity index is 793. The molecule has 0 N–H and O–H groups in total. The van der Waals surface area contributed by atoms with Crippen LogP contribution >= 0.6 is 0 Å². The predicted molar refractivity (Wildman–Crippen MR) is 116 cm³/mol. The van der Waals surface area contributed by atoms with E-state index in [0.717, 1.165) is 13.0 Å². The van der Waals surface area contributed by atoms with E-state index >= 15 is 0 Å². The van der Waals surface area contributed by atoms with Gasteiger partial charge in [0, 0.05) is 24.4 Å². The van der Waals surface area contributed by atoms with Gasteiger partial charge >= 0.3 is 0 Å². The number of nitrogens with zero attached hydrogens (tertiary/aromatic N) is 1. The molecule has 1 aromatic carbocycles. The van der Waals surface area contributed by atoms with Crippen LogP contribution in [0.25, 0.3) is 0 Å². The first kappa shape index (κ1) is 19.6. The third-order valence-corrected chi connectivity index (χ3v) is 7.29. The molecule has 2 heteroatoms. The molecule has 1 aromatic heterocycles. The Kier molecular flexibility index (Phi) is 5.87. The average molecular weight is 378 g/mol. The molecule has 1 atom stereocenters. The van der Waals surface area contributed by atoms with Crippen molar-refractivity contribution >= 4 is 0 Å². The Morgan fingerprint density at radius 1 is 1.04 bits per heavy atom. The summed E-state index contributed by atoms with van der Waals surface area (Å²) in [5.74, 6) is 0. The highest BCUT2D eigenvalue weighted by molar-refractivity contribution is 5.31. The minimum atomic E-state index is 0.155. The molecule has 2 nitrogen and oxygen atoms in total. The van der Waals surface area contributed by atoms with Gasteiger partial charge in [-0.1, -0.05) is 49.1 Å². The molecule has 0 radical (unpaired) electrons. The summed E-state index contributed by atoms with van der Waals surface area (Å²) in [6, 6.07) is 11.4. The van der Waals surface area contributed by atoms with Gasteiger partial charge < -0.3 is 4.74 Å². The third-order valence-electron chi connectivity index (χ3n) is 7.29. The molecule has 150 valence electrons. The number of unbranched alkanes of at least 4 members (excludes halogenated alkanes) is 1. The van der Waals surface area contributed by atoms with E-state index in [1.54, 1.807) is 5.56 Å². The fourth-order valence-electron chi connectivity index (χ4n) is 5.68. The number of hydrogen-bond donors (Lipinski definition) is 0. The van der Waals surface area contributed by atoms with Crippen molar-refractivity contribution < 1.29 is 4.74 Å². The molecule has 1 saturated heterocycles. The van der Waals surface area contributed by atoms with Crippen molar-refractivity contribution in [1.29, 1.82) is 0 Å². The molecular formula is C26H35NO. The zero-order chi connectivity index (χ0) is 19.5. The molecule has 0 amide bonds. The van der Waals surface area contributed by atoms with Gasteiger partial charge in [-0.3, -0.25) is 4.98 Å². The van der Waals surface area contributed by atoms with Crippen molar-refractivity contribution in [3.63, 3.8) is 0 Å². The molecule has 0 bridgehead atoms. The normalized spacial score (nSPS) is 23.9. The zero-order valence-electron chi connectivity index (χ0n) is 17.7. The van der Waals surface area contributed by atoms with E-state index in [1.165, 1.54) is 74.5 Å². The largest absolute Gasteiger partial charge is 0.375 e. The SMILES string of the molecule is Cc1cccc([C@]2(CCCCc3cnccc3C)CCOC3(CCCC3)C2)c1. The smallest absolute Gasteiger partial charge is 0.0691 e. The quantitative estimate of drug-likeness (QED) is 0.538. The fraction of sp³-hybridized carbons (Fsp3) is 0.577. The Balaban J connectivity index is 1.49. The summed E-state index contributed by atoms with van der Waals surface area (Å²) in [5.41, 5.74) is 6.17. The molecule has 2 heterocycles. The molecule has 0 unspecified atom stereocenters. The number of benzene rings is 1. The standard InChI is InChI=1S/C26H35NO/c1-21-8-7-10-24(18-21)25(15-17-28-26(20-25)13-5-6-14-26)12-4-3-9-23-19-27-16-11-22(23)2/h7-8,10-11,16,18-19H,3-6,9,12-15,17,20H2,1-2H3/t25-/m1/s1. The Hall–Kier alpha value is -1.67. The zero-order valence-corrected chi connectivity index (χ0v) is 17.7. The maximum Gasteiger partial charge on any atom is 0.0691 e. The lowest BCUT2D eigenvalue weighted by molar-refractivity contribution is -0.104. The highest BCUT2D eigenvalue weighted by atomic mass is 16.5. The molecule has 1 saturated carbocycles. The summed E-state index contributed by atoms with van der Waals surface area (Å²) in [5, 5.41) is 0. The Labute approximate surface area is 170 Å². The lowest BCUT2D eigenvalue weighted by atomic mass is 9.65. The van der Waals surface area contributed by atoms with Gasteiger partial charge in [-0.25, -0.2) is 0 Å². The van der Waals surface area contributed by atoms with Crippen molar-refractivity contribution in [2.75, 3.05) is 6.61 Å². The average Bonchev–Trinajstić information content (AvgIpc) is 3.14. The molecule has 4 rings (SSSR count). The highest BCUT2D eigenvalue weighted by Crippen LogP contribution is 2.50. The fourth-order valence-corrected chi connectivity index (χ4v) is 5.68. The van der Waals surface area contributed by atoms with Crippen molar-refractivity contribution in [2.45, 2.75) is 89.1 Å². The van der Waals surface area contributed by atoms with Crippen LogP contribution in [0.15, 0.2) is 42.7 Å². The Morgan fingerprint density at radius 3 is 2.68 bits per heavy atom. The van der Waals surface area contributed by atoms with E-state index in [0.29, 0.717) is 5.41 Å². The summed E-state index contributed by atoms with van der Waals surface area (Å²) in [6.45, 7) is 5.36. The first-order valence-electron chi connectivity index (χ1n) is 11.2. The lowest BCUT2D eigenvalue weighted by Gasteiger charge is -2.47. The van der Waals surface area contributed by atoms with E-state index in [-0.39, 0.29) is 5.60 Å². The van der Waals surface area contributed by atoms with Crippen LogP contribution in [0, 0.1) is 13.8 Å². The molecule has 1 aliphatic carbocycles. The summed E-state index contributed by atoms with van der Waals surface area (Å²) in [6.07, 6.45) is 16.5. The minimum Gasteiger partial charge on any atom is -0.375 e. The van der Waals surface area contributed by atoms with Crippen molar-refractivity contribution in [1.82, 2.24) is 4.98 Å². The molecule has 28 heavy (non-hydrogen) atoms. The highest BCUT2D eigenvalue weighted by Gasteiger charge is 2.47. The second kappa shape index (κ2) is 8.37. The number of aryl methyl sites for hydroxylation is 3. The van der Waals surface area contributed by atoms with Crippen LogP contribution in [0.2, 0.25) is 0 Å². The van der Waals surface area contributed by atoms with E-state index in [1.807, 2.05) is 12.4 Å². The van der Waals surface area contributed by atoms with Crippen LogP contribution in [-0.4, -0.2) is 17.2 Å². The molecule has 1 aliphatic heterocycles. The summed E-state index contributed by atoms with van der Waals surface area (Å²) < 4.78 is 6.42. The molecule has 2 aromatic rings. The van der Waals surface area contributed by atoms with Gasteiger partial charge in [-0.05, 0) is 81.5 Å². The first-order chi connectivity index (χ1) is 13.6. The van der Waals surface area contributed by atoms with Gasteiger partial charge in [-0.15, -0.1) is 0 Å². The van der Waals surface area contributed by atoms with Gasteiger partial charge in [0.1, 0.15) is 0 Å². The molecule has 2 fully saturated rings. The first-order valence-corrected chi connectivity index (χ1v) is 11.2. The topological polar surface area (TPSA) is 22.1 Å². The number of pyridine rings is 1. The predicted octanol–water partition coefficient (Wildman–Crippen LogP) is 6.47. The van der Waals surface area contributed by atoms with Crippen molar-refractivity contribution in [2.24, 2.45) is 0 Å². The lowest BCUT2D eigenvalue weighted by Crippen LogP contribution is -2.46. The molecule has 2 aliphatic rings. The van der Waals surface area contributed by atoms with Gasteiger partial charge in [0.15, 0.2) is 0 Å². The van der Waals surface area contributed by atoms with Crippen LogP contribution in [0.1, 0.15) is 80.0 Å². The number of rotatable bonds is 6. The van der Waals surface area contributed by atoms with Crippen LogP contribution < -0.4 is 0 Å². The number of ether oxygens (including phenoxy) is 1. The van der Waals surface area contributed by atoms with Crippen molar-refractivity contribution in [3.05, 3.63) is 65.0 Å². The third kappa shape index (κ3) is 4.17. The minimum absolute atomic E-state index is 0.155. The molecule has 1 spiro atoms. The molecular weight excluding hydrogens is 342 g/mol. The van der Waals surface area contributed by atoms with Crippen LogP contribution in [0.5, 0.6) is 0 Å². The maximum absolute atomic E-state index is 6.42. The van der Waals surface area contributed by atoms with E-state index in [4.69, 9.17) is 4.74 Å². The van der Waals surface area contributed by atoms with E-state index in [2.05, 4.69) is 49.2 Å². The van der Waals surface area contributed by atoms with E-state index < -0.39 is 0 Å². The van der Waals surface area contributed by atoms with Gasteiger partial charge in [0.05, 0.1) is 5.60 Å². The maximum atomic E-state index is 6.42. The second-order valence-corrected chi connectivity index (χ2v) is 9.32.